The molecule has 1 heterocycles. The summed E-state index contributed by atoms with van der Waals surface area (Å²) in [6, 6.07) is 4.38. The molecule has 3 rings (SSSR count). The summed E-state index contributed by atoms with van der Waals surface area (Å²) in [6.45, 7) is -0.254. The molecule has 1 aromatic rings. The standard InChI is InChI=1S/C21H22ClF2N3O3/c1-2-15(11-17(25)28)26-18(29)16-12-21(23,24)9-10-27(16)19(30)20(7-8-20)13-3-5-14(22)6-4-13/h1,3-6,15-16H,7-12H2,(H2,25,28)(H,26,29)/t15-,16?/m1/s1. The smallest absolute Gasteiger partial charge is 0.252 e. The molecule has 30 heavy (non-hydrogen) atoms. The summed E-state index contributed by atoms with van der Waals surface area (Å²) in [5, 5.41) is 2.91. The SMILES string of the molecule is C#C[C@H](CC(N)=O)NC(=O)C1CC(F)(F)CCN1C(=O)C1(c2ccc(Cl)cc2)CC1. The second-order valence-corrected chi connectivity index (χ2v) is 8.25. The van der Waals surface area contributed by atoms with E-state index in [1.165, 1.54) is 4.90 Å². The van der Waals surface area contributed by atoms with Gasteiger partial charge >= 0.3 is 0 Å². The van der Waals surface area contributed by atoms with Gasteiger partial charge in [0.1, 0.15) is 6.04 Å². The Bertz CT molecular complexity index is 894. The van der Waals surface area contributed by atoms with Gasteiger partial charge in [0.2, 0.25) is 17.7 Å². The van der Waals surface area contributed by atoms with E-state index < -0.39 is 48.1 Å². The number of piperidine rings is 1. The van der Waals surface area contributed by atoms with Gasteiger partial charge in [0.15, 0.2) is 0 Å². The third-order valence-corrected chi connectivity index (χ3v) is 5.88. The predicted octanol–water partition coefficient (Wildman–Crippen LogP) is 1.99. The van der Waals surface area contributed by atoms with Crippen LogP contribution in [-0.4, -0.2) is 47.2 Å². The minimum atomic E-state index is -3.09. The van der Waals surface area contributed by atoms with E-state index in [2.05, 4.69) is 11.2 Å². The Balaban J connectivity index is 1.83. The molecule has 2 atom stereocenters. The topological polar surface area (TPSA) is 92.5 Å². The number of primary amides is 1. The molecule has 1 unspecified atom stereocenters. The third kappa shape index (κ3) is 4.57. The number of carbonyl (C=O) groups excluding carboxylic acids is 3. The molecule has 1 aliphatic heterocycles. The van der Waals surface area contributed by atoms with Gasteiger partial charge in [-0.3, -0.25) is 14.4 Å². The van der Waals surface area contributed by atoms with Gasteiger partial charge in [0.05, 0.1) is 17.9 Å². The van der Waals surface area contributed by atoms with Crippen molar-refractivity contribution < 1.29 is 23.2 Å². The van der Waals surface area contributed by atoms with Gasteiger partial charge in [-0.1, -0.05) is 29.7 Å². The molecule has 0 bridgehead atoms. The largest absolute Gasteiger partial charge is 0.370 e. The monoisotopic (exact) mass is 437 g/mol. The molecule has 2 fully saturated rings. The number of likely N-dealkylation sites (tertiary alicyclic amines) is 1. The van der Waals surface area contributed by atoms with Crippen LogP contribution >= 0.6 is 11.6 Å². The minimum absolute atomic E-state index is 0.254. The zero-order valence-electron chi connectivity index (χ0n) is 16.2. The van der Waals surface area contributed by atoms with Crippen LogP contribution in [0.4, 0.5) is 8.78 Å². The number of terminal acetylenes is 1. The van der Waals surface area contributed by atoms with Crippen LogP contribution in [0, 0.1) is 12.3 Å². The Kier molecular flexibility index (Phi) is 6.04. The zero-order chi connectivity index (χ0) is 22.1. The number of rotatable bonds is 6. The lowest BCUT2D eigenvalue weighted by Gasteiger charge is -2.40. The van der Waals surface area contributed by atoms with Crippen molar-refractivity contribution in [1.29, 1.82) is 0 Å². The fourth-order valence-corrected chi connectivity index (χ4v) is 3.95. The Hall–Kier alpha value is -2.66. The van der Waals surface area contributed by atoms with Crippen LogP contribution in [0.15, 0.2) is 24.3 Å². The highest BCUT2D eigenvalue weighted by molar-refractivity contribution is 6.30. The lowest BCUT2D eigenvalue weighted by Crippen LogP contribution is -2.59. The molecule has 0 aromatic heterocycles. The normalized spacial score (nSPS) is 22.5. The van der Waals surface area contributed by atoms with Gasteiger partial charge < -0.3 is 16.0 Å². The molecule has 9 heteroatoms. The fraction of sp³-hybridized carbons (Fsp3) is 0.476. The average molecular weight is 438 g/mol. The van der Waals surface area contributed by atoms with Crippen molar-refractivity contribution in [2.75, 3.05) is 6.54 Å². The number of amides is 3. The van der Waals surface area contributed by atoms with Crippen molar-refractivity contribution in [3.8, 4) is 12.3 Å². The second kappa shape index (κ2) is 8.23. The number of alkyl halides is 2. The number of hydrogen-bond acceptors (Lipinski definition) is 3. The first kappa shape index (κ1) is 22.0. The van der Waals surface area contributed by atoms with Crippen LogP contribution in [0.2, 0.25) is 5.02 Å². The van der Waals surface area contributed by atoms with E-state index in [-0.39, 0.29) is 18.9 Å². The second-order valence-electron chi connectivity index (χ2n) is 7.81. The van der Waals surface area contributed by atoms with Crippen molar-refractivity contribution in [2.24, 2.45) is 5.73 Å². The highest BCUT2D eigenvalue weighted by atomic mass is 35.5. The Morgan fingerprint density at radius 1 is 1.27 bits per heavy atom. The molecule has 0 spiro atoms. The number of nitrogens with two attached hydrogens (primary N) is 1. The van der Waals surface area contributed by atoms with Gasteiger partial charge in [-0.2, -0.15) is 0 Å². The summed E-state index contributed by atoms with van der Waals surface area (Å²) < 4.78 is 28.2. The van der Waals surface area contributed by atoms with Gasteiger partial charge in [-0.25, -0.2) is 8.78 Å². The predicted molar refractivity (Wildman–Crippen MR) is 107 cm³/mol. The maximum Gasteiger partial charge on any atom is 0.252 e. The first-order chi connectivity index (χ1) is 14.1. The third-order valence-electron chi connectivity index (χ3n) is 5.63. The van der Waals surface area contributed by atoms with Crippen molar-refractivity contribution >= 4 is 29.3 Å². The molecule has 6 nitrogen and oxygen atoms in total. The lowest BCUT2D eigenvalue weighted by molar-refractivity contribution is -0.154. The van der Waals surface area contributed by atoms with Crippen LogP contribution in [0.1, 0.15) is 37.7 Å². The van der Waals surface area contributed by atoms with Gasteiger partial charge in [0.25, 0.3) is 5.92 Å². The molecule has 1 aliphatic carbocycles. The van der Waals surface area contributed by atoms with E-state index in [0.29, 0.717) is 17.9 Å². The molecule has 1 aromatic carbocycles. The van der Waals surface area contributed by atoms with E-state index in [0.717, 1.165) is 5.56 Å². The first-order valence-electron chi connectivity index (χ1n) is 9.58. The molecular weight excluding hydrogens is 416 g/mol. The quantitative estimate of drug-likeness (QED) is 0.666. The van der Waals surface area contributed by atoms with Crippen LogP contribution in [0.5, 0.6) is 0 Å². The van der Waals surface area contributed by atoms with Gasteiger partial charge in [-0.15, -0.1) is 6.42 Å². The summed E-state index contributed by atoms with van der Waals surface area (Å²) in [7, 11) is 0. The summed E-state index contributed by atoms with van der Waals surface area (Å²) >= 11 is 5.92. The molecular formula is C21H22ClF2N3O3. The minimum Gasteiger partial charge on any atom is -0.370 e. The maximum atomic E-state index is 14.1. The highest BCUT2D eigenvalue weighted by Gasteiger charge is 2.56. The Morgan fingerprint density at radius 2 is 1.90 bits per heavy atom. The molecule has 2 aliphatic rings. The molecule has 0 radical (unpaired) electrons. The number of benzene rings is 1. The van der Waals surface area contributed by atoms with Gasteiger partial charge in [0, 0.05) is 24.4 Å². The lowest BCUT2D eigenvalue weighted by atomic mass is 9.90. The van der Waals surface area contributed by atoms with E-state index in [1.54, 1.807) is 24.3 Å². The van der Waals surface area contributed by atoms with Crippen LogP contribution < -0.4 is 11.1 Å². The average Bonchev–Trinajstić information content (AvgIpc) is 3.48. The molecule has 1 saturated heterocycles. The van der Waals surface area contributed by atoms with Crippen LogP contribution in [0.3, 0.4) is 0 Å². The number of carbonyl (C=O) groups is 3. The zero-order valence-corrected chi connectivity index (χ0v) is 16.9. The number of halogens is 3. The van der Waals surface area contributed by atoms with E-state index in [1.807, 2.05) is 0 Å². The molecule has 3 N–H and O–H groups in total. The number of nitrogens with one attached hydrogen (secondary N) is 1. The summed E-state index contributed by atoms with van der Waals surface area (Å²) in [5.41, 5.74) is 5.00. The summed E-state index contributed by atoms with van der Waals surface area (Å²) in [5.74, 6) is -2.81. The van der Waals surface area contributed by atoms with Crippen molar-refractivity contribution in [3.05, 3.63) is 34.9 Å². The molecule has 3 amide bonds. The Labute approximate surface area is 178 Å². The van der Waals surface area contributed by atoms with Crippen LogP contribution in [0.25, 0.3) is 0 Å². The summed E-state index contributed by atoms with van der Waals surface area (Å²) in [6.07, 6.45) is 4.76. The van der Waals surface area contributed by atoms with Crippen molar-refractivity contribution in [2.45, 2.75) is 55.5 Å². The Morgan fingerprint density at radius 3 is 2.43 bits per heavy atom. The maximum absolute atomic E-state index is 14.1. The summed E-state index contributed by atoms with van der Waals surface area (Å²) in [4.78, 5) is 38.5. The molecule has 160 valence electrons. The van der Waals surface area contributed by atoms with Crippen LogP contribution in [-0.2, 0) is 19.8 Å². The number of hydrogen-bond donors (Lipinski definition) is 2. The van der Waals surface area contributed by atoms with Crippen molar-refractivity contribution in [3.63, 3.8) is 0 Å². The number of nitrogens with zero attached hydrogens (tertiary/aromatic N) is 1. The van der Waals surface area contributed by atoms with E-state index in [4.69, 9.17) is 23.8 Å². The molecule has 1 saturated carbocycles. The van der Waals surface area contributed by atoms with E-state index >= 15 is 0 Å². The van der Waals surface area contributed by atoms with E-state index in [9.17, 15) is 23.2 Å². The highest BCUT2D eigenvalue weighted by Crippen LogP contribution is 2.51. The fourth-order valence-electron chi connectivity index (χ4n) is 3.83. The van der Waals surface area contributed by atoms with Gasteiger partial charge in [-0.05, 0) is 30.5 Å². The van der Waals surface area contributed by atoms with Crippen molar-refractivity contribution in [1.82, 2.24) is 10.2 Å². The first-order valence-corrected chi connectivity index (χ1v) is 9.95.